The Morgan fingerprint density at radius 1 is 1.04 bits per heavy atom. The van der Waals surface area contributed by atoms with E-state index in [0.717, 1.165) is 16.8 Å². The number of benzene rings is 2. The van der Waals surface area contributed by atoms with Gasteiger partial charge in [0.25, 0.3) is 5.91 Å². The maximum absolute atomic E-state index is 12.5. The normalized spacial score (nSPS) is 10.9. The van der Waals surface area contributed by atoms with Gasteiger partial charge in [-0.1, -0.05) is 35.9 Å². The highest BCUT2D eigenvalue weighted by Crippen LogP contribution is 2.14. The van der Waals surface area contributed by atoms with Crippen LogP contribution in [0.15, 0.2) is 72.1 Å². The fourth-order valence-electron chi connectivity index (χ4n) is 2.58. The Morgan fingerprint density at radius 3 is 2.54 bits per heavy atom. The van der Waals surface area contributed by atoms with Crippen molar-refractivity contribution in [3.8, 4) is 5.69 Å². The minimum Gasteiger partial charge on any atom is -0.323 e. The average molecular weight is 317 g/mol. The Balaban J connectivity index is 1.78. The summed E-state index contributed by atoms with van der Waals surface area (Å²) in [5, 5.41) is 4.10. The van der Waals surface area contributed by atoms with Gasteiger partial charge in [-0.2, -0.15) is 5.10 Å². The zero-order valence-corrected chi connectivity index (χ0v) is 13.7. The molecule has 0 unspecified atom stereocenters. The standard InChI is InChI=1S/C20H19N3O/c1-15-9-10-17(16(2)13-15)14-21-22-20(24)18-7-3-4-8-19(18)23-11-5-6-12-23/h3-14H,1-2H3,(H,22,24)/b21-14-. The van der Waals surface area contributed by atoms with Crippen LogP contribution < -0.4 is 5.43 Å². The van der Waals surface area contributed by atoms with E-state index in [-0.39, 0.29) is 5.91 Å². The van der Waals surface area contributed by atoms with Gasteiger partial charge < -0.3 is 4.57 Å². The second-order valence-corrected chi connectivity index (χ2v) is 5.67. The molecule has 0 aliphatic rings. The molecular weight excluding hydrogens is 298 g/mol. The number of hydrazone groups is 1. The number of nitrogens with zero attached hydrogens (tertiary/aromatic N) is 2. The van der Waals surface area contributed by atoms with Gasteiger partial charge in [0.2, 0.25) is 0 Å². The maximum atomic E-state index is 12.5. The van der Waals surface area contributed by atoms with Crippen molar-refractivity contribution < 1.29 is 4.79 Å². The van der Waals surface area contributed by atoms with Gasteiger partial charge in [0.05, 0.1) is 17.5 Å². The van der Waals surface area contributed by atoms with Gasteiger partial charge in [-0.3, -0.25) is 4.79 Å². The van der Waals surface area contributed by atoms with Crippen molar-refractivity contribution in [3.63, 3.8) is 0 Å². The summed E-state index contributed by atoms with van der Waals surface area (Å²) in [5.41, 5.74) is 7.32. The van der Waals surface area contributed by atoms with Crippen LogP contribution in [0, 0.1) is 13.8 Å². The molecule has 120 valence electrons. The Labute approximate surface area is 141 Å². The molecular formula is C20H19N3O. The molecule has 0 bridgehead atoms. The third-order valence-electron chi connectivity index (χ3n) is 3.83. The Hall–Kier alpha value is -3.14. The summed E-state index contributed by atoms with van der Waals surface area (Å²) in [6.45, 7) is 4.07. The molecule has 2 aromatic carbocycles. The summed E-state index contributed by atoms with van der Waals surface area (Å²) in [4.78, 5) is 12.5. The third-order valence-corrected chi connectivity index (χ3v) is 3.83. The van der Waals surface area contributed by atoms with E-state index in [0.29, 0.717) is 5.56 Å². The maximum Gasteiger partial charge on any atom is 0.273 e. The number of hydrogen-bond donors (Lipinski definition) is 1. The van der Waals surface area contributed by atoms with Crippen LogP contribution in [-0.4, -0.2) is 16.7 Å². The topological polar surface area (TPSA) is 46.4 Å². The van der Waals surface area contributed by atoms with Gasteiger partial charge in [0.1, 0.15) is 0 Å². The molecule has 1 N–H and O–H groups in total. The Morgan fingerprint density at radius 2 is 1.79 bits per heavy atom. The van der Waals surface area contributed by atoms with Crippen LogP contribution in [0.5, 0.6) is 0 Å². The SMILES string of the molecule is Cc1ccc(/C=N\NC(=O)c2ccccc2-n2cccc2)c(C)c1. The molecule has 0 aliphatic carbocycles. The second-order valence-electron chi connectivity index (χ2n) is 5.67. The summed E-state index contributed by atoms with van der Waals surface area (Å²) in [6.07, 6.45) is 5.49. The summed E-state index contributed by atoms with van der Waals surface area (Å²) in [7, 11) is 0. The number of amides is 1. The highest BCUT2D eigenvalue weighted by atomic mass is 16.2. The van der Waals surface area contributed by atoms with E-state index in [1.54, 1.807) is 12.3 Å². The number of aryl methyl sites for hydroxylation is 2. The smallest absolute Gasteiger partial charge is 0.273 e. The van der Waals surface area contributed by atoms with Gasteiger partial charge >= 0.3 is 0 Å². The average Bonchev–Trinajstić information content (AvgIpc) is 3.11. The van der Waals surface area contributed by atoms with Crippen LogP contribution >= 0.6 is 0 Å². The number of hydrogen-bond acceptors (Lipinski definition) is 2. The van der Waals surface area contributed by atoms with Crippen molar-refractivity contribution in [2.24, 2.45) is 5.10 Å². The van der Waals surface area contributed by atoms with E-state index >= 15 is 0 Å². The lowest BCUT2D eigenvalue weighted by Gasteiger charge is -2.09. The molecule has 0 atom stereocenters. The highest BCUT2D eigenvalue weighted by molar-refractivity contribution is 5.98. The molecule has 1 heterocycles. The first-order valence-electron chi connectivity index (χ1n) is 7.78. The van der Waals surface area contributed by atoms with Crippen LogP contribution in [0.4, 0.5) is 0 Å². The number of carbonyl (C=O) groups excluding carboxylic acids is 1. The molecule has 0 spiro atoms. The van der Waals surface area contributed by atoms with Crippen LogP contribution in [0.25, 0.3) is 5.69 Å². The molecule has 0 saturated heterocycles. The minimum atomic E-state index is -0.236. The first-order valence-corrected chi connectivity index (χ1v) is 7.78. The number of aromatic nitrogens is 1. The van der Waals surface area contributed by atoms with E-state index in [1.165, 1.54) is 5.56 Å². The van der Waals surface area contributed by atoms with Crippen molar-refractivity contribution in [2.45, 2.75) is 13.8 Å². The van der Waals surface area contributed by atoms with Crippen molar-refractivity contribution in [3.05, 3.63) is 89.2 Å². The predicted octanol–water partition coefficient (Wildman–Crippen LogP) is 3.86. The summed E-state index contributed by atoms with van der Waals surface area (Å²) in [5.74, 6) is -0.236. The predicted molar refractivity (Wildman–Crippen MR) is 96.7 cm³/mol. The minimum absolute atomic E-state index is 0.236. The van der Waals surface area contributed by atoms with E-state index in [1.807, 2.05) is 73.3 Å². The van der Waals surface area contributed by atoms with Crippen molar-refractivity contribution in [2.75, 3.05) is 0 Å². The number of para-hydroxylation sites is 1. The fourth-order valence-corrected chi connectivity index (χ4v) is 2.58. The first kappa shape index (κ1) is 15.7. The molecule has 0 saturated carbocycles. The lowest BCUT2D eigenvalue weighted by atomic mass is 10.1. The zero-order chi connectivity index (χ0) is 16.9. The lowest BCUT2D eigenvalue weighted by Crippen LogP contribution is -2.19. The molecule has 24 heavy (non-hydrogen) atoms. The zero-order valence-electron chi connectivity index (χ0n) is 13.7. The van der Waals surface area contributed by atoms with E-state index < -0.39 is 0 Å². The third kappa shape index (κ3) is 3.43. The quantitative estimate of drug-likeness (QED) is 0.576. The highest BCUT2D eigenvalue weighted by Gasteiger charge is 2.10. The summed E-state index contributed by atoms with van der Waals surface area (Å²) in [6, 6.07) is 17.4. The molecule has 3 aromatic rings. The number of carbonyl (C=O) groups is 1. The molecule has 0 aliphatic heterocycles. The van der Waals surface area contributed by atoms with Gasteiger partial charge in [-0.15, -0.1) is 0 Å². The van der Waals surface area contributed by atoms with E-state index in [9.17, 15) is 4.79 Å². The van der Waals surface area contributed by atoms with E-state index in [2.05, 4.69) is 16.6 Å². The van der Waals surface area contributed by atoms with Crippen molar-refractivity contribution >= 4 is 12.1 Å². The molecule has 3 rings (SSSR count). The molecule has 4 nitrogen and oxygen atoms in total. The van der Waals surface area contributed by atoms with Gasteiger partial charge in [-0.25, -0.2) is 5.43 Å². The molecule has 4 heteroatoms. The summed E-state index contributed by atoms with van der Waals surface area (Å²) >= 11 is 0. The summed E-state index contributed by atoms with van der Waals surface area (Å²) < 4.78 is 1.91. The molecule has 0 fully saturated rings. The van der Waals surface area contributed by atoms with Gasteiger partial charge in [0.15, 0.2) is 0 Å². The number of nitrogens with one attached hydrogen (secondary N) is 1. The van der Waals surface area contributed by atoms with Crippen molar-refractivity contribution in [1.29, 1.82) is 0 Å². The molecule has 0 radical (unpaired) electrons. The second kappa shape index (κ2) is 6.96. The van der Waals surface area contributed by atoms with Crippen LogP contribution in [0.1, 0.15) is 27.0 Å². The van der Waals surface area contributed by atoms with Crippen LogP contribution in [-0.2, 0) is 0 Å². The Bertz CT molecular complexity index is 880. The Kier molecular flexibility index (Phi) is 4.57. The lowest BCUT2D eigenvalue weighted by molar-refractivity contribution is 0.0955. The van der Waals surface area contributed by atoms with Crippen LogP contribution in [0.2, 0.25) is 0 Å². The first-order chi connectivity index (χ1) is 11.6. The van der Waals surface area contributed by atoms with Gasteiger partial charge in [-0.05, 0) is 49.2 Å². The van der Waals surface area contributed by atoms with Gasteiger partial charge in [0, 0.05) is 12.4 Å². The largest absolute Gasteiger partial charge is 0.323 e. The van der Waals surface area contributed by atoms with E-state index in [4.69, 9.17) is 0 Å². The van der Waals surface area contributed by atoms with Crippen LogP contribution in [0.3, 0.4) is 0 Å². The molecule has 1 aromatic heterocycles. The monoisotopic (exact) mass is 317 g/mol. The molecule has 1 amide bonds. The fraction of sp³-hybridized carbons (Fsp3) is 0.100. The number of rotatable bonds is 4. The van der Waals surface area contributed by atoms with Crippen molar-refractivity contribution in [1.82, 2.24) is 9.99 Å².